The van der Waals surface area contributed by atoms with E-state index in [-0.39, 0.29) is 24.0 Å². The van der Waals surface area contributed by atoms with Crippen molar-refractivity contribution in [3.8, 4) is 0 Å². The average molecular weight is 403 g/mol. The van der Waals surface area contributed by atoms with Crippen molar-refractivity contribution in [3.63, 3.8) is 0 Å². The Labute approximate surface area is 144 Å². The monoisotopic (exact) mass is 403 g/mol. The van der Waals surface area contributed by atoms with Crippen molar-refractivity contribution >= 4 is 29.9 Å². The SMILES string of the molecule is CCOCc1ccccc1CN=C(N)NCC1CCC1.I. The van der Waals surface area contributed by atoms with Gasteiger partial charge in [-0.25, -0.2) is 4.99 Å². The molecule has 1 saturated carbocycles. The van der Waals surface area contributed by atoms with E-state index >= 15 is 0 Å². The van der Waals surface area contributed by atoms with E-state index in [1.165, 1.54) is 30.4 Å². The Hall–Kier alpha value is -0.820. The van der Waals surface area contributed by atoms with Gasteiger partial charge in [0.2, 0.25) is 0 Å². The van der Waals surface area contributed by atoms with Crippen molar-refractivity contribution < 1.29 is 4.74 Å². The van der Waals surface area contributed by atoms with Crippen LogP contribution in [0.3, 0.4) is 0 Å². The summed E-state index contributed by atoms with van der Waals surface area (Å²) < 4.78 is 5.47. The van der Waals surface area contributed by atoms with Gasteiger partial charge in [0.1, 0.15) is 0 Å². The molecule has 0 spiro atoms. The number of rotatable bonds is 7. The summed E-state index contributed by atoms with van der Waals surface area (Å²) in [4.78, 5) is 4.42. The van der Waals surface area contributed by atoms with Crippen molar-refractivity contribution in [1.29, 1.82) is 0 Å². The van der Waals surface area contributed by atoms with Crippen molar-refractivity contribution in [3.05, 3.63) is 35.4 Å². The highest BCUT2D eigenvalue weighted by Gasteiger charge is 2.16. The maximum Gasteiger partial charge on any atom is 0.188 e. The zero-order valence-electron chi connectivity index (χ0n) is 12.7. The first-order valence-corrected chi connectivity index (χ1v) is 7.48. The third-order valence-corrected chi connectivity index (χ3v) is 3.80. The van der Waals surface area contributed by atoms with Gasteiger partial charge in [0.25, 0.3) is 0 Å². The molecule has 0 heterocycles. The number of halogens is 1. The summed E-state index contributed by atoms with van der Waals surface area (Å²) in [5, 5.41) is 3.21. The Morgan fingerprint density at radius 2 is 2.05 bits per heavy atom. The lowest BCUT2D eigenvalue weighted by Crippen LogP contribution is -2.37. The van der Waals surface area contributed by atoms with Crippen LogP contribution in [0.4, 0.5) is 0 Å². The number of ether oxygens (including phenoxy) is 1. The van der Waals surface area contributed by atoms with Gasteiger partial charge in [-0.3, -0.25) is 0 Å². The molecule has 0 aliphatic heterocycles. The molecular weight excluding hydrogens is 377 g/mol. The molecule has 1 aromatic carbocycles. The van der Waals surface area contributed by atoms with Crippen LogP contribution in [0.5, 0.6) is 0 Å². The van der Waals surface area contributed by atoms with Gasteiger partial charge in [-0.15, -0.1) is 24.0 Å². The molecule has 1 aliphatic carbocycles. The van der Waals surface area contributed by atoms with Crippen molar-refractivity contribution in [2.45, 2.75) is 39.3 Å². The molecule has 0 radical (unpaired) electrons. The molecule has 4 nitrogen and oxygen atoms in total. The fourth-order valence-corrected chi connectivity index (χ4v) is 2.24. The van der Waals surface area contributed by atoms with Crippen LogP contribution in [-0.2, 0) is 17.9 Å². The predicted octanol–water partition coefficient (Wildman–Crippen LogP) is 3.05. The molecule has 21 heavy (non-hydrogen) atoms. The van der Waals surface area contributed by atoms with Crippen molar-refractivity contribution in [2.75, 3.05) is 13.2 Å². The van der Waals surface area contributed by atoms with Crippen LogP contribution >= 0.6 is 24.0 Å². The molecule has 5 heteroatoms. The minimum Gasteiger partial charge on any atom is -0.377 e. The fraction of sp³-hybridized carbons (Fsp3) is 0.562. The molecule has 0 bridgehead atoms. The second kappa shape index (κ2) is 10.00. The molecule has 1 aromatic rings. The molecule has 1 aliphatic rings. The predicted molar refractivity (Wildman–Crippen MR) is 97.9 cm³/mol. The molecule has 2 rings (SSSR count). The van der Waals surface area contributed by atoms with Gasteiger partial charge in [-0.2, -0.15) is 0 Å². The van der Waals surface area contributed by atoms with Gasteiger partial charge >= 0.3 is 0 Å². The minimum atomic E-state index is 0. The normalized spacial score (nSPS) is 15.2. The van der Waals surface area contributed by atoms with Gasteiger partial charge in [0, 0.05) is 13.2 Å². The lowest BCUT2D eigenvalue weighted by molar-refractivity contribution is 0.133. The Kier molecular flexibility index (Phi) is 8.68. The van der Waals surface area contributed by atoms with Gasteiger partial charge in [-0.05, 0) is 36.8 Å². The van der Waals surface area contributed by atoms with Crippen LogP contribution in [0.25, 0.3) is 0 Å². The maximum absolute atomic E-state index is 5.91. The Bertz CT molecular complexity index is 447. The zero-order chi connectivity index (χ0) is 14.2. The highest BCUT2D eigenvalue weighted by Crippen LogP contribution is 2.24. The topological polar surface area (TPSA) is 59.6 Å². The quantitative estimate of drug-likeness (QED) is 0.418. The average Bonchev–Trinajstić information content (AvgIpc) is 2.42. The molecule has 0 atom stereocenters. The fourth-order valence-electron chi connectivity index (χ4n) is 2.24. The summed E-state index contributed by atoms with van der Waals surface area (Å²) in [6, 6.07) is 8.22. The Morgan fingerprint density at radius 1 is 1.33 bits per heavy atom. The molecule has 0 aromatic heterocycles. The molecule has 0 saturated heterocycles. The van der Waals surface area contributed by atoms with E-state index < -0.39 is 0 Å². The van der Waals surface area contributed by atoms with E-state index in [9.17, 15) is 0 Å². The number of hydrogen-bond donors (Lipinski definition) is 2. The van der Waals surface area contributed by atoms with E-state index in [1.54, 1.807) is 0 Å². The third kappa shape index (κ3) is 6.22. The number of nitrogens with zero attached hydrogens (tertiary/aromatic N) is 1. The van der Waals surface area contributed by atoms with E-state index in [4.69, 9.17) is 10.5 Å². The number of benzene rings is 1. The van der Waals surface area contributed by atoms with E-state index in [0.717, 1.165) is 19.1 Å². The first-order chi connectivity index (χ1) is 9.79. The summed E-state index contributed by atoms with van der Waals surface area (Å²) in [6.45, 7) is 4.92. The van der Waals surface area contributed by atoms with Crippen molar-refractivity contribution in [1.82, 2.24) is 5.32 Å². The minimum absolute atomic E-state index is 0. The molecule has 1 fully saturated rings. The number of nitrogens with two attached hydrogens (primary N) is 1. The lowest BCUT2D eigenvalue weighted by Gasteiger charge is -2.25. The van der Waals surface area contributed by atoms with Gasteiger partial charge in [0.15, 0.2) is 5.96 Å². The van der Waals surface area contributed by atoms with Crippen LogP contribution < -0.4 is 11.1 Å². The standard InChI is InChI=1S/C16H25N3O.HI/c1-2-20-12-15-9-4-3-8-14(15)11-19-16(17)18-10-13-6-5-7-13;/h3-4,8-9,13H,2,5-7,10-12H2,1H3,(H3,17,18,19);1H. The first kappa shape index (κ1) is 18.2. The van der Waals surface area contributed by atoms with Crippen LogP contribution in [0.1, 0.15) is 37.3 Å². The maximum atomic E-state index is 5.91. The lowest BCUT2D eigenvalue weighted by atomic mass is 9.85. The summed E-state index contributed by atoms with van der Waals surface area (Å²) in [5.74, 6) is 1.33. The number of guanidine groups is 1. The van der Waals surface area contributed by atoms with Crippen LogP contribution in [-0.4, -0.2) is 19.1 Å². The number of aliphatic imine (C=N–C) groups is 1. The third-order valence-electron chi connectivity index (χ3n) is 3.80. The summed E-state index contributed by atoms with van der Waals surface area (Å²) in [7, 11) is 0. The van der Waals surface area contributed by atoms with E-state index in [0.29, 0.717) is 19.1 Å². The molecule has 0 unspecified atom stereocenters. The molecule has 0 amide bonds. The second-order valence-corrected chi connectivity index (χ2v) is 5.29. The largest absolute Gasteiger partial charge is 0.377 e. The van der Waals surface area contributed by atoms with Crippen LogP contribution in [0.2, 0.25) is 0 Å². The van der Waals surface area contributed by atoms with Gasteiger partial charge in [-0.1, -0.05) is 30.7 Å². The highest BCUT2D eigenvalue weighted by molar-refractivity contribution is 14.0. The molecular formula is C16H26IN3O. The smallest absolute Gasteiger partial charge is 0.188 e. The Balaban J connectivity index is 0.00000220. The highest BCUT2D eigenvalue weighted by atomic mass is 127. The first-order valence-electron chi connectivity index (χ1n) is 7.48. The summed E-state index contributed by atoms with van der Waals surface area (Å²) in [6.07, 6.45) is 3.99. The van der Waals surface area contributed by atoms with Gasteiger partial charge in [0.05, 0.1) is 13.2 Å². The van der Waals surface area contributed by atoms with Gasteiger partial charge < -0.3 is 15.8 Å². The van der Waals surface area contributed by atoms with Crippen LogP contribution in [0, 0.1) is 5.92 Å². The van der Waals surface area contributed by atoms with E-state index in [1.807, 2.05) is 19.1 Å². The second-order valence-electron chi connectivity index (χ2n) is 5.29. The Morgan fingerprint density at radius 3 is 2.67 bits per heavy atom. The van der Waals surface area contributed by atoms with Crippen LogP contribution in [0.15, 0.2) is 29.3 Å². The summed E-state index contributed by atoms with van der Waals surface area (Å²) >= 11 is 0. The molecule has 118 valence electrons. The number of nitrogens with one attached hydrogen (secondary N) is 1. The van der Waals surface area contributed by atoms with E-state index in [2.05, 4.69) is 22.4 Å². The van der Waals surface area contributed by atoms with Crippen molar-refractivity contribution in [2.24, 2.45) is 16.6 Å². The zero-order valence-corrected chi connectivity index (χ0v) is 15.0. The molecule has 3 N–H and O–H groups in total. The summed E-state index contributed by atoms with van der Waals surface area (Å²) in [5.41, 5.74) is 8.27. The number of hydrogen-bond acceptors (Lipinski definition) is 2.